The van der Waals surface area contributed by atoms with Crippen molar-refractivity contribution in [3.8, 4) is 11.5 Å². The van der Waals surface area contributed by atoms with E-state index in [0.717, 1.165) is 35.5 Å². The third-order valence-corrected chi connectivity index (χ3v) is 4.35. The Kier molecular flexibility index (Phi) is 4.46. The van der Waals surface area contributed by atoms with Gasteiger partial charge in [-0.15, -0.1) is 0 Å². The van der Waals surface area contributed by atoms with Crippen LogP contribution in [0.15, 0.2) is 46.9 Å². The molecule has 3 rings (SSSR count). The minimum atomic E-state index is 0.343. The Labute approximate surface area is 133 Å². The minimum absolute atomic E-state index is 0.343. The van der Waals surface area contributed by atoms with Crippen molar-refractivity contribution in [1.82, 2.24) is 5.32 Å². The SMILES string of the molecule is COc1ccc(CNC2CCOc3ccccc32)cc1Br. The van der Waals surface area contributed by atoms with Crippen LogP contribution in [0.1, 0.15) is 23.6 Å². The maximum absolute atomic E-state index is 5.69. The molecule has 1 N–H and O–H groups in total. The highest BCUT2D eigenvalue weighted by molar-refractivity contribution is 9.10. The van der Waals surface area contributed by atoms with Gasteiger partial charge >= 0.3 is 0 Å². The molecule has 0 fully saturated rings. The van der Waals surface area contributed by atoms with Gasteiger partial charge in [-0.2, -0.15) is 0 Å². The average Bonchev–Trinajstić information content (AvgIpc) is 2.53. The van der Waals surface area contributed by atoms with E-state index in [9.17, 15) is 0 Å². The van der Waals surface area contributed by atoms with E-state index in [4.69, 9.17) is 9.47 Å². The van der Waals surface area contributed by atoms with Crippen molar-refractivity contribution in [3.05, 3.63) is 58.1 Å². The maximum atomic E-state index is 5.69. The highest BCUT2D eigenvalue weighted by Gasteiger charge is 2.20. The minimum Gasteiger partial charge on any atom is -0.496 e. The molecule has 1 atom stereocenters. The van der Waals surface area contributed by atoms with Crippen LogP contribution in [0.5, 0.6) is 11.5 Å². The Bertz CT molecular complexity index is 630. The first-order valence-electron chi connectivity index (χ1n) is 7.05. The third-order valence-electron chi connectivity index (χ3n) is 3.73. The molecule has 0 saturated heterocycles. The second kappa shape index (κ2) is 6.50. The summed E-state index contributed by atoms with van der Waals surface area (Å²) in [7, 11) is 1.68. The number of hydrogen-bond donors (Lipinski definition) is 1. The Morgan fingerprint density at radius 3 is 2.95 bits per heavy atom. The van der Waals surface area contributed by atoms with Gasteiger partial charge in [0.15, 0.2) is 0 Å². The van der Waals surface area contributed by atoms with Gasteiger partial charge in [0.1, 0.15) is 11.5 Å². The molecule has 0 aliphatic carbocycles. The summed E-state index contributed by atoms with van der Waals surface area (Å²) < 4.78 is 11.9. The fraction of sp³-hybridized carbons (Fsp3) is 0.294. The summed E-state index contributed by atoms with van der Waals surface area (Å²) in [6.07, 6.45) is 0.994. The molecule has 1 unspecified atom stereocenters. The number of benzene rings is 2. The van der Waals surface area contributed by atoms with Crippen LogP contribution >= 0.6 is 15.9 Å². The van der Waals surface area contributed by atoms with Gasteiger partial charge in [0.2, 0.25) is 0 Å². The van der Waals surface area contributed by atoms with Crippen LogP contribution in [-0.4, -0.2) is 13.7 Å². The molecule has 3 nitrogen and oxygen atoms in total. The third kappa shape index (κ3) is 3.22. The summed E-state index contributed by atoms with van der Waals surface area (Å²) in [5.74, 6) is 1.85. The lowest BCUT2D eigenvalue weighted by atomic mass is 10.0. The fourth-order valence-corrected chi connectivity index (χ4v) is 3.20. The van der Waals surface area contributed by atoms with Gasteiger partial charge in [0.05, 0.1) is 18.2 Å². The van der Waals surface area contributed by atoms with Gasteiger partial charge in [0.25, 0.3) is 0 Å². The molecule has 0 radical (unpaired) electrons. The average molecular weight is 348 g/mol. The summed E-state index contributed by atoms with van der Waals surface area (Å²) in [5, 5.41) is 3.62. The van der Waals surface area contributed by atoms with Crippen LogP contribution in [0.3, 0.4) is 0 Å². The molecule has 2 aromatic rings. The Balaban J connectivity index is 1.70. The van der Waals surface area contributed by atoms with Gasteiger partial charge in [-0.05, 0) is 39.7 Å². The summed E-state index contributed by atoms with van der Waals surface area (Å²) in [6, 6.07) is 14.8. The van der Waals surface area contributed by atoms with E-state index < -0.39 is 0 Å². The predicted molar refractivity (Wildman–Crippen MR) is 86.8 cm³/mol. The number of hydrogen-bond acceptors (Lipinski definition) is 3. The zero-order valence-corrected chi connectivity index (χ0v) is 13.5. The molecule has 21 heavy (non-hydrogen) atoms. The Morgan fingerprint density at radius 1 is 1.29 bits per heavy atom. The molecule has 0 bridgehead atoms. The maximum Gasteiger partial charge on any atom is 0.133 e. The fourth-order valence-electron chi connectivity index (χ4n) is 2.62. The van der Waals surface area contributed by atoms with E-state index in [0.29, 0.717) is 6.04 Å². The number of fused-ring (bicyclic) bond motifs is 1. The zero-order valence-electron chi connectivity index (χ0n) is 11.9. The highest BCUT2D eigenvalue weighted by atomic mass is 79.9. The summed E-state index contributed by atoms with van der Waals surface area (Å²) in [4.78, 5) is 0. The van der Waals surface area contributed by atoms with Crippen molar-refractivity contribution in [3.63, 3.8) is 0 Å². The second-order valence-corrected chi connectivity index (χ2v) is 5.93. The Morgan fingerprint density at radius 2 is 2.14 bits per heavy atom. The first-order chi connectivity index (χ1) is 10.3. The molecule has 4 heteroatoms. The van der Waals surface area contributed by atoms with Gasteiger partial charge in [0, 0.05) is 24.6 Å². The van der Waals surface area contributed by atoms with E-state index in [1.165, 1.54) is 11.1 Å². The second-order valence-electron chi connectivity index (χ2n) is 5.08. The smallest absolute Gasteiger partial charge is 0.133 e. The van der Waals surface area contributed by atoms with Crippen molar-refractivity contribution in [2.45, 2.75) is 19.0 Å². The quantitative estimate of drug-likeness (QED) is 0.904. The van der Waals surface area contributed by atoms with Crippen LogP contribution < -0.4 is 14.8 Å². The van der Waals surface area contributed by atoms with Gasteiger partial charge in [-0.1, -0.05) is 24.3 Å². The Hall–Kier alpha value is -1.52. The molecule has 0 aromatic heterocycles. The molecular formula is C17H18BrNO2. The van der Waals surface area contributed by atoms with Gasteiger partial charge in [-0.25, -0.2) is 0 Å². The van der Waals surface area contributed by atoms with Crippen molar-refractivity contribution in [2.75, 3.05) is 13.7 Å². The number of ether oxygens (including phenoxy) is 2. The highest BCUT2D eigenvalue weighted by Crippen LogP contribution is 2.32. The van der Waals surface area contributed by atoms with E-state index >= 15 is 0 Å². The molecule has 1 aliphatic rings. The normalized spacial score (nSPS) is 17.0. The lowest BCUT2D eigenvalue weighted by Crippen LogP contribution is -2.26. The molecule has 1 aliphatic heterocycles. The molecule has 0 spiro atoms. The van der Waals surface area contributed by atoms with Gasteiger partial charge < -0.3 is 14.8 Å². The number of para-hydroxylation sites is 1. The molecule has 0 saturated carbocycles. The van der Waals surface area contributed by atoms with Crippen LogP contribution in [0.4, 0.5) is 0 Å². The van der Waals surface area contributed by atoms with E-state index in [2.05, 4.69) is 45.5 Å². The molecular weight excluding hydrogens is 330 g/mol. The van der Waals surface area contributed by atoms with Crippen LogP contribution in [-0.2, 0) is 6.54 Å². The largest absolute Gasteiger partial charge is 0.496 e. The number of methoxy groups -OCH3 is 1. The lowest BCUT2D eigenvalue weighted by molar-refractivity contribution is 0.252. The van der Waals surface area contributed by atoms with Crippen molar-refractivity contribution in [2.24, 2.45) is 0 Å². The number of nitrogens with one attached hydrogen (secondary N) is 1. The van der Waals surface area contributed by atoms with E-state index in [1.807, 2.05) is 18.2 Å². The number of halogens is 1. The van der Waals surface area contributed by atoms with Crippen LogP contribution in [0, 0.1) is 0 Å². The van der Waals surface area contributed by atoms with E-state index in [1.54, 1.807) is 7.11 Å². The topological polar surface area (TPSA) is 30.5 Å². The molecule has 0 amide bonds. The van der Waals surface area contributed by atoms with Crippen LogP contribution in [0.25, 0.3) is 0 Å². The van der Waals surface area contributed by atoms with Crippen molar-refractivity contribution >= 4 is 15.9 Å². The molecule has 2 aromatic carbocycles. The summed E-state index contributed by atoms with van der Waals surface area (Å²) >= 11 is 3.53. The van der Waals surface area contributed by atoms with Gasteiger partial charge in [-0.3, -0.25) is 0 Å². The number of rotatable bonds is 4. The summed E-state index contributed by atoms with van der Waals surface area (Å²) in [5.41, 5.74) is 2.47. The van der Waals surface area contributed by atoms with E-state index in [-0.39, 0.29) is 0 Å². The first-order valence-corrected chi connectivity index (χ1v) is 7.85. The summed E-state index contributed by atoms with van der Waals surface area (Å²) in [6.45, 7) is 1.59. The van der Waals surface area contributed by atoms with Crippen molar-refractivity contribution < 1.29 is 9.47 Å². The predicted octanol–water partition coefficient (Wildman–Crippen LogP) is 4.07. The zero-order chi connectivity index (χ0) is 14.7. The monoisotopic (exact) mass is 347 g/mol. The van der Waals surface area contributed by atoms with Crippen LogP contribution in [0.2, 0.25) is 0 Å². The first kappa shape index (κ1) is 14.4. The standard InChI is InChI=1S/C17H18BrNO2/c1-20-17-7-6-12(10-14(17)18)11-19-15-8-9-21-16-5-3-2-4-13(15)16/h2-7,10,15,19H,8-9,11H2,1H3. The van der Waals surface area contributed by atoms with Crippen molar-refractivity contribution in [1.29, 1.82) is 0 Å². The lowest BCUT2D eigenvalue weighted by Gasteiger charge is -2.26. The molecule has 1 heterocycles. The molecule has 110 valence electrons.